The average Bonchev–Trinajstić information content (AvgIpc) is 3.15. The number of likely N-dealkylation sites (tertiary alicyclic amines) is 1. The van der Waals surface area contributed by atoms with Crippen LogP contribution in [0.15, 0.2) is 54.9 Å². The molecule has 1 aliphatic rings. The maximum atomic E-state index is 12.9. The Labute approximate surface area is 134 Å². The Morgan fingerprint density at radius 1 is 1.04 bits per heavy atom. The summed E-state index contributed by atoms with van der Waals surface area (Å²) in [5, 5.41) is 10.1. The second-order valence-electron chi connectivity index (χ2n) is 5.93. The van der Waals surface area contributed by atoms with E-state index in [1.165, 1.54) is 0 Å². The minimum absolute atomic E-state index is 0.124. The lowest BCUT2D eigenvalue weighted by Crippen LogP contribution is -2.39. The smallest absolute Gasteiger partial charge is 0.254 e. The molecular weight excluding hydrogens is 288 g/mol. The second-order valence-corrected chi connectivity index (χ2v) is 5.93. The number of hydrogen-bond acceptors (Lipinski definition) is 3. The molecule has 0 spiro atoms. The van der Waals surface area contributed by atoms with Gasteiger partial charge in [0.05, 0.1) is 12.2 Å². The van der Waals surface area contributed by atoms with Gasteiger partial charge in [0, 0.05) is 24.8 Å². The summed E-state index contributed by atoms with van der Waals surface area (Å²) in [6, 6.07) is 14.3. The molecule has 0 bridgehead atoms. The molecule has 1 fully saturated rings. The summed E-state index contributed by atoms with van der Waals surface area (Å²) in [4.78, 5) is 14.9. The number of hydrogen-bond donors (Lipinski definition) is 0. The van der Waals surface area contributed by atoms with Crippen molar-refractivity contribution in [3.63, 3.8) is 0 Å². The summed E-state index contributed by atoms with van der Waals surface area (Å²) in [7, 11) is 0. The normalized spacial score (nSPS) is 15.9. The molecule has 0 atom stereocenters. The fourth-order valence-corrected chi connectivity index (χ4v) is 3.33. The van der Waals surface area contributed by atoms with Gasteiger partial charge in [0.1, 0.15) is 0 Å². The van der Waals surface area contributed by atoms with Crippen molar-refractivity contribution in [2.24, 2.45) is 0 Å². The van der Waals surface area contributed by atoms with E-state index in [1.54, 1.807) is 6.20 Å². The number of carbonyl (C=O) groups excluding carboxylic acids is 1. The molecule has 23 heavy (non-hydrogen) atoms. The van der Waals surface area contributed by atoms with Crippen LogP contribution in [0.25, 0.3) is 10.8 Å². The minimum Gasteiger partial charge on any atom is -0.338 e. The summed E-state index contributed by atoms with van der Waals surface area (Å²) < 4.78 is 1.90. The molecule has 1 saturated heterocycles. The van der Waals surface area contributed by atoms with Crippen LogP contribution in [0, 0.1) is 0 Å². The molecule has 0 unspecified atom stereocenters. The van der Waals surface area contributed by atoms with Crippen LogP contribution in [0.1, 0.15) is 29.2 Å². The number of nitrogens with zero attached hydrogens (tertiary/aromatic N) is 4. The number of piperidine rings is 1. The molecule has 1 aliphatic heterocycles. The van der Waals surface area contributed by atoms with Gasteiger partial charge in [-0.3, -0.25) is 4.79 Å². The third-order valence-electron chi connectivity index (χ3n) is 4.59. The first kappa shape index (κ1) is 13.9. The number of rotatable bonds is 2. The first-order valence-electron chi connectivity index (χ1n) is 7.96. The maximum absolute atomic E-state index is 12.9. The van der Waals surface area contributed by atoms with Gasteiger partial charge in [-0.1, -0.05) is 41.6 Å². The van der Waals surface area contributed by atoms with Crippen molar-refractivity contribution < 1.29 is 4.79 Å². The zero-order valence-corrected chi connectivity index (χ0v) is 12.8. The van der Waals surface area contributed by atoms with E-state index in [2.05, 4.69) is 10.3 Å². The third kappa shape index (κ3) is 2.59. The van der Waals surface area contributed by atoms with E-state index in [4.69, 9.17) is 0 Å². The minimum atomic E-state index is 0.124. The molecule has 116 valence electrons. The summed E-state index contributed by atoms with van der Waals surface area (Å²) in [6.07, 6.45) is 5.43. The lowest BCUT2D eigenvalue weighted by molar-refractivity contribution is 0.0691. The van der Waals surface area contributed by atoms with Crippen LogP contribution in [0.2, 0.25) is 0 Å². The van der Waals surface area contributed by atoms with Gasteiger partial charge in [0.25, 0.3) is 5.91 Å². The molecule has 5 nitrogen and oxygen atoms in total. The van der Waals surface area contributed by atoms with Crippen LogP contribution in [0.5, 0.6) is 0 Å². The third-order valence-corrected chi connectivity index (χ3v) is 4.59. The molecule has 5 heteroatoms. The van der Waals surface area contributed by atoms with Crippen LogP contribution in [0.4, 0.5) is 0 Å². The number of carbonyl (C=O) groups is 1. The summed E-state index contributed by atoms with van der Waals surface area (Å²) in [5.74, 6) is 0.124. The first-order chi connectivity index (χ1) is 11.3. The number of benzene rings is 2. The van der Waals surface area contributed by atoms with Crippen LogP contribution in [-0.4, -0.2) is 38.9 Å². The molecule has 2 heterocycles. The maximum Gasteiger partial charge on any atom is 0.254 e. The highest BCUT2D eigenvalue weighted by Crippen LogP contribution is 2.25. The Morgan fingerprint density at radius 2 is 1.83 bits per heavy atom. The van der Waals surface area contributed by atoms with Crippen LogP contribution >= 0.6 is 0 Å². The van der Waals surface area contributed by atoms with E-state index in [9.17, 15) is 4.79 Å². The molecule has 4 rings (SSSR count). The zero-order valence-electron chi connectivity index (χ0n) is 12.8. The Hall–Kier alpha value is -2.69. The van der Waals surface area contributed by atoms with Crippen molar-refractivity contribution in [2.75, 3.05) is 13.1 Å². The molecule has 3 aromatic rings. The van der Waals surface area contributed by atoms with Gasteiger partial charge in [0.2, 0.25) is 0 Å². The van der Waals surface area contributed by atoms with Gasteiger partial charge in [0.15, 0.2) is 0 Å². The lowest BCUT2D eigenvalue weighted by atomic mass is 10.0. The van der Waals surface area contributed by atoms with Crippen LogP contribution in [-0.2, 0) is 0 Å². The molecule has 0 aliphatic carbocycles. The molecule has 1 amide bonds. The average molecular weight is 306 g/mol. The highest BCUT2D eigenvalue weighted by atomic mass is 16.2. The predicted molar refractivity (Wildman–Crippen MR) is 88.1 cm³/mol. The number of aromatic nitrogens is 3. The van der Waals surface area contributed by atoms with E-state index in [0.29, 0.717) is 6.04 Å². The lowest BCUT2D eigenvalue weighted by Gasteiger charge is -2.32. The molecular formula is C18H18N4O. The first-order valence-corrected chi connectivity index (χ1v) is 7.96. The SMILES string of the molecule is O=C(c1cccc2ccccc12)N1CCC(n2ccnn2)CC1. The molecule has 2 aromatic carbocycles. The monoisotopic (exact) mass is 306 g/mol. The molecule has 0 saturated carbocycles. The van der Waals surface area contributed by atoms with Gasteiger partial charge in [-0.2, -0.15) is 0 Å². The fraction of sp³-hybridized carbons (Fsp3) is 0.278. The van der Waals surface area contributed by atoms with Crippen LogP contribution < -0.4 is 0 Å². The topological polar surface area (TPSA) is 51.0 Å². The largest absolute Gasteiger partial charge is 0.338 e. The van der Waals surface area contributed by atoms with E-state index in [-0.39, 0.29) is 5.91 Å². The molecule has 0 N–H and O–H groups in total. The van der Waals surface area contributed by atoms with Crippen molar-refractivity contribution in [1.82, 2.24) is 19.9 Å². The Bertz CT molecular complexity index is 815. The summed E-state index contributed by atoms with van der Waals surface area (Å²) in [5.41, 5.74) is 0.794. The van der Waals surface area contributed by atoms with Crippen molar-refractivity contribution in [3.05, 3.63) is 60.4 Å². The van der Waals surface area contributed by atoms with E-state index >= 15 is 0 Å². The van der Waals surface area contributed by atoms with Gasteiger partial charge >= 0.3 is 0 Å². The predicted octanol–water partition coefficient (Wildman–Crippen LogP) is 2.91. The standard InChI is InChI=1S/C18H18N4O/c23-18(17-7-3-5-14-4-1-2-6-16(14)17)21-11-8-15(9-12-21)22-13-10-19-20-22/h1-7,10,13,15H,8-9,11-12H2. The van der Waals surface area contributed by atoms with Gasteiger partial charge in [-0.25, -0.2) is 4.68 Å². The Kier molecular flexibility index (Phi) is 3.54. The van der Waals surface area contributed by atoms with Crippen molar-refractivity contribution in [3.8, 4) is 0 Å². The zero-order chi connectivity index (χ0) is 15.6. The van der Waals surface area contributed by atoms with E-state index in [0.717, 1.165) is 42.3 Å². The summed E-state index contributed by atoms with van der Waals surface area (Å²) >= 11 is 0. The van der Waals surface area contributed by atoms with Crippen molar-refractivity contribution >= 4 is 16.7 Å². The summed E-state index contributed by atoms with van der Waals surface area (Å²) in [6.45, 7) is 1.51. The van der Waals surface area contributed by atoms with Crippen molar-refractivity contribution in [2.45, 2.75) is 18.9 Å². The highest BCUT2D eigenvalue weighted by molar-refractivity contribution is 6.07. The quantitative estimate of drug-likeness (QED) is 0.731. The highest BCUT2D eigenvalue weighted by Gasteiger charge is 2.25. The molecule has 1 aromatic heterocycles. The molecule has 0 radical (unpaired) electrons. The number of fused-ring (bicyclic) bond motifs is 1. The van der Waals surface area contributed by atoms with Gasteiger partial charge < -0.3 is 4.90 Å². The van der Waals surface area contributed by atoms with Crippen LogP contribution in [0.3, 0.4) is 0 Å². The Morgan fingerprint density at radius 3 is 2.61 bits per heavy atom. The number of amides is 1. The van der Waals surface area contributed by atoms with E-state index in [1.807, 2.05) is 58.2 Å². The van der Waals surface area contributed by atoms with Crippen molar-refractivity contribution in [1.29, 1.82) is 0 Å². The van der Waals surface area contributed by atoms with E-state index < -0.39 is 0 Å². The fourth-order valence-electron chi connectivity index (χ4n) is 3.33. The second kappa shape index (κ2) is 5.83. The Balaban J connectivity index is 1.54. The van der Waals surface area contributed by atoms with Gasteiger partial charge in [-0.15, -0.1) is 5.10 Å². The van der Waals surface area contributed by atoms with Gasteiger partial charge in [-0.05, 0) is 29.7 Å².